The first-order valence-corrected chi connectivity index (χ1v) is 9.36. The number of nitrogens with one attached hydrogen (secondary N) is 1. The first kappa shape index (κ1) is 16.7. The van der Waals surface area contributed by atoms with Gasteiger partial charge in [-0.15, -0.1) is 0 Å². The smallest absolute Gasteiger partial charge is 0.249 e. The summed E-state index contributed by atoms with van der Waals surface area (Å²) < 4.78 is 11.5. The van der Waals surface area contributed by atoms with Gasteiger partial charge in [-0.1, -0.05) is 0 Å². The molecule has 1 aromatic rings. The number of amides is 1. The Morgan fingerprint density at radius 1 is 1.16 bits per heavy atom. The largest absolute Gasteiger partial charge is 0.381 e. The first-order valence-electron chi connectivity index (χ1n) is 9.36. The zero-order valence-corrected chi connectivity index (χ0v) is 14.5. The molecule has 0 unspecified atom stereocenters. The van der Waals surface area contributed by atoms with Crippen LogP contribution < -0.4 is 10.2 Å². The molecule has 7 nitrogen and oxygen atoms in total. The van der Waals surface area contributed by atoms with Crippen LogP contribution >= 0.6 is 0 Å². The first-order chi connectivity index (χ1) is 12.3. The second-order valence-electron chi connectivity index (χ2n) is 7.14. The van der Waals surface area contributed by atoms with Gasteiger partial charge in [0.05, 0.1) is 12.1 Å². The predicted octanol–water partition coefficient (Wildman–Crippen LogP) is 1.15. The van der Waals surface area contributed by atoms with Crippen molar-refractivity contribution in [1.82, 2.24) is 15.3 Å². The molecule has 1 N–H and O–H groups in total. The van der Waals surface area contributed by atoms with Crippen molar-refractivity contribution in [2.45, 2.75) is 50.4 Å². The zero-order valence-electron chi connectivity index (χ0n) is 14.5. The lowest BCUT2D eigenvalue weighted by atomic mass is 9.98. The highest BCUT2D eigenvalue weighted by Crippen LogP contribution is 2.33. The van der Waals surface area contributed by atoms with Crippen LogP contribution in [-0.4, -0.2) is 60.4 Å². The fourth-order valence-electron chi connectivity index (χ4n) is 4.12. The number of anilines is 1. The van der Waals surface area contributed by atoms with Gasteiger partial charge in [0.15, 0.2) is 0 Å². The Morgan fingerprint density at radius 3 is 2.76 bits per heavy atom. The molecule has 3 aliphatic heterocycles. The van der Waals surface area contributed by atoms with E-state index in [4.69, 9.17) is 9.47 Å². The minimum absolute atomic E-state index is 0.0411. The number of fused-ring (bicyclic) bond motifs is 1. The summed E-state index contributed by atoms with van der Waals surface area (Å²) in [7, 11) is 0. The number of carbonyl (C=O) groups excluding carboxylic acids is 1. The SMILES string of the molecule is O=C(NCC1CCOCC1)[C@@H]1CC[C@H]2[C@H](CCN2c2ncccn2)O1. The standard InChI is InChI=1S/C18H26N4O3/c23-17(21-12-13-5-10-24-11-6-13)16-3-2-14-15(25-16)4-9-22(14)18-19-7-1-8-20-18/h1,7-8,13-16H,2-6,9-12H2,(H,21,23)/t14-,15-,16-/m0/s1. The van der Waals surface area contributed by atoms with Crippen molar-refractivity contribution in [2.24, 2.45) is 5.92 Å². The lowest BCUT2D eigenvalue weighted by molar-refractivity contribution is -0.141. The molecule has 3 atom stereocenters. The van der Waals surface area contributed by atoms with E-state index in [-0.39, 0.29) is 24.2 Å². The molecule has 4 heterocycles. The average Bonchev–Trinajstić information content (AvgIpc) is 3.11. The summed E-state index contributed by atoms with van der Waals surface area (Å²) in [6, 6.07) is 2.11. The lowest BCUT2D eigenvalue weighted by Crippen LogP contribution is -2.48. The number of hydrogen-bond acceptors (Lipinski definition) is 6. The van der Waals surface area contributed by atoms with Gasteiger partial charge in [0.1, 0.15) is 6.10 Å². The molecule has 3 saturated heterocycles. The van der Waals surface area contributed by atoms with Crippen LogP contribution in [0.25, 0.3) is 0 Å². The summed E-state index contributed by atoms with van der Waals surface area (Å²) >= 11 is 0. The molecule has 0 saturated carbocycles. The van der Waals surface area contributed by atoms with Crippen LogP contribution in [0.4, 0.5) is 5.95 Å². The van der Waals surface area contributed by atoms with Gasteiger partial charge in [0.2, 0.25) is 11.9 Å². The summed E-state index contributed by atoms with van der Waals surface area (Å²) in [5.41, 5.74) is 0. The zero-order chi connectivity index (χ0) is 17.1. The fourth-order valence-corrected chi connectivity index (χ4v) is 4.12. The predicted molar refractivity (Wildman–Crippen MR) is 92.2 cm³/mol. The van der Waals surface area contributed by atoms with Crippen molar-refractivity contribution >= 4 is 11.9 Å². The molecular formula is C18H26N4O3. The molecule has 1 aromatic heterocycles. The second kappa shape index (κ2) is 7.66. The summed E-state index contributed by atoms with van der Waals surface area (Å²) in [4.78, 5) is 23.4. The molecule has 25 heavy (non-hydrogen) atoms. The van der Waals surface area contributed by atoms with Gasteiger partial charge in [-0.3, -0.25) is 4.79 Å². The molecule has 136 valence electrons. The molecule has 4 rings (SSSR count). The molecule has 1 amide bonds. The van der Waals surface area contributed by atoms with E-state index >= 15 is 0 Å². The third-order valence-electron chi connectivity index (χ3n) is 5.56. The topological polar surface area (TPSA) is 76.6 Å². The number of aromatic nitrogens is 2. The van der Waals surface area contributed by atoms with E-state index in [9.17, 15) is 4.79 Å². The quantitative estimate of drug-likeness (QED) is 0.881. The minimum Gasteiger partial charge on any atom is -0.381 e. The Kier molecular flexibility index (Phi) is 5.12. The molecule has 0 bridgehead atoms. The fraction of sp³-hybridized carbons (Fsp3) is 0.722. The van der Waals surface area contributed by atoms with Crippen LogP contribution in [-0.2, 0) is 14.3 Å². The summed E-state index contributed by atoms with van der Waals surface area (Å²) in [5, 5.41) is 3.09. The Balaban J connectivity index is 1.29. The van der Waals surface area contributed by atoms with Crippen LogP contribution in [0.3, 0.4) is 0 Å². The Bertz CT molecular complexity index is 579. The van der Waals surface area contributed by atoms with Crippen LogP contribution in [0.5, 0.6) is 0 Å². The average molecular weight is 346 g/mol. The van der Waals surface area contributed by atoms with Crippen molar-refractivity contribution in [2.75, 3.05) is 31.2 Å². The molecule has 0 aliphatic carbocycles. The third kappa shape index (κ3) is 3.77. The van der Waals surface area contributed by atoms with Crippen molar-refractivity contribution in [3.63, 3.8) is 0 Å². The van der Waals surface area contributed by atoms with E-state index in [0.29, 0.717) is 5.92 Å². The highest BCUT2D eigenvalue weighted by Gasteiger charge is 2.42. The van der Waals surface area contributed by atoms with E-state index in [1.807, 2.05) is 6.07 Å². The van der Waals surface area contributed by atoms with Crippen molar-refractivity contribution in [3.8, 4) is 0 Å². The molecule has 3 fully saturated rings. The maximum atomic E-state index is 12.5. The van der Waals surface area contributed by atoms with E-state index in [1.165, 1.54) is 0 Å². The second-order valence-corrected chi connectivity index (χ2v) is 7.14. The van der Waals surface area contributed by atoms with Gasteiger partial charge in [0.25, 0.3) is 0 Å². The molecule has 0 spiro atoms. The highest BCUT2D eigenvalue weighted by atomic mass is 16.5. The number of rotatable bonds is 4. The van der Waals surface area contributed by atoms with Gasteiger partial charge < -0.3 is 19.7 Å². The number of hydrogen-bond donors (Lipinski definition) is 1. The monoisotopic (exact) mass is 346 g/mol. The third-order valence-corrected chi connectivity index (χ3v) is 5.56. The van der Waals surface area contributed by atoms with Gasteiger partial charge >= 0.3 is 0 Å². The number of nitrogens with zero attached hydrogens (tertiary/aromatic N) is 3. The maximum Gasteiger partial charge on any atom is 0.249 e. The molecule has 0 aromatic carbocycles. The van der Waals surface area contributed by atoms with Crippen LogP contribution in [0.1, 0.15) is 32.1 Å². The van der Waals surface area contributed by atoms with Gasteiger partial charge in [0, 0.05) is 38.7 Å². The summed E-state index contributed by atoms with van der Waals surface area (Å²) in [6.45, 7) is 3.24. The van der Waals surface area contributed by atoms with E-state index in [2.05, 4.69) is 20.2 Å². The van der Waals surface area contributed by atoms with Crippen molar-refractivity contribution < 1.29 is 14.3 Å². The normalized spacial score (nSPS) is 30.1. The van der Waals surface area contributed by atoms with Crippen LogP contribution in [0.15, 0.2) is 18.5 Å². The van der Waals surface area contributed by atoms with Gasteiger partial charge in [-0.2, -0.15) is 0 Å². The lowest BCUT2D eigenvalue weighted by Gasteiger charge is -2.35. The maximum absolute atomic E-state index is 12.5. The van der Waals surface area contributed by atoms with Crippen LogP contribution in [0, 0.1) is 5.92 Å². The Morgan fingerprint density at radius 2 is 1.96 bits per heavy atom. The van der Waals surface area contributed by atoms with Crippen molar-refractivity contribution in [3.05, 3.63) is 18.5 Å². The summed E-state index contributed by atoms with van der Waals surface area (Å²) in [5.74, 6) is 1.34. The Labute approximate surface area is 148 Å². The van der Waals surface area contributed by atoms with Gasteiger partial charge in [-0.25, -0.2) is 9.97 Å². The minimum atomic E-state index is -0.322. The van der Waals surface area contributed by atoms with E-state index in [1.54, 1.807) is 12.4 Å². The number of carbonyl (C=O) groups is 1. The van der Waals surface area contributed by atoms with Crippen LogP contribution in [0.2, 0.25) is 0 Å². The Hall–Kier alpha value is -1.73. The highest BCUT2D eigenvalue weighted by molar-refractivity contribution is 5.80. The molecular weight excluding hydrogens is 320 g/mol. The van der Waals surface area contributed by atoms with Gasteiger partial charge in [-0.05, 0) is 44.1 Å². The van der Waals surface area contributed by atoms with E-state index in [0.717, 1.165) is 64.4 Å². The number of ether oxygens (including phenoxy) is 2. The summed E-state index contributed by atoms with van der Waals surface area (Å²) in [6.07, 6.45) is 7.99. The molecule has 7 heteroatoms. The van der Waals surface area contributed by atoms with Crippen molar-refractivity contribution in [1.29, 1.82) is 0 Å². The van der Waals surface area contributed by atoms with E-state index < -0.39 is 0 Å². The molecule has 3 aliphatic rings. The molecule has 0 radical (unpaired) electrons.